The molecule has 0 saturated heterocycles. The lowest BCUT2D eigenvalue weighted by Crippen LogP contribution is -2.30. The lowest BCUT2D eigenvalue weighted by atomic mass is 9.75. The number of fused-ring (bicyclic) bond motifs is 3. The van der Waals surface area contributed by atoms with Crippen LogP contribution in [0.1, 0.15) is 46.2 Å². The maximum atomic E-state index is 6.54. The van der Waals surface area contributed by atoms with Crippen molar-refractivity contribution in [2.24, 2.45) is 5.92 Å². The van der Waals surface area contributed by atoms with Gasteiger partial charge in [-0.15, -0.1) is 0 Å². The van der Waals surface area contributed by atoms with Gasteiger partial charge in [0.25, 0.3) is 0 Å². The molecule has 0 aromatic heterocycles. The summed E-state index contributed by atoms with van der Waals surface area (Å²) >= 11 is 12.8. The predicted molar refractivity (Wildman–Crippen MR) is 103 cm³/mol. The number of allylic oxidation sites excluding steroid dienone is 2. The summed E-state index contributed by atoms with van der Waals surface area (Å²) in [6, 6.07) is 8.84. The number of benzene rings is 2. The van der Waals surface area contributed by atoms with Gasteiger partial charge >= 0.3 is 0 Å². The molecule has 4 rings (SSSR count). The first-order valence-electron chi connectivity index (χ1n) is 8.46. The fourth-order valence-electron chi connectivity index (χ4n) is 4.57. The average Bonchev–Trinajstić information content (AvgIpc) is 3.00. The molecule has 1 N–H and O–H groups in total. The van der Waals surface area contributed by atoms with Crippen LogP contribution in [-0.4, -0.2) is 0 Å². The van der Waals surface area contributed by atoms with Gasteiger partial charge in [-0.05, 0) is 61.4 Å². The van der Waals surface area contributed by atoms with Gasteiger partial charge < -0.3 is 5.32 Å². The molecule has 24 heavy (non-hydrogen) atoms. The van der Waals surface area contributed by atoms with E-state index in [-0.39, 0.29) is 6.04 Å². The van der Waals surface area contributed by atoms with Crippen LogP contribution in [0, 0.1) is 26.7 Å². The minimum atomic E-state index is 0.258. The Morgan fingerprint density at radius 2 is 1.75 bits per heavy atom. The minimum absolute atomic E-state index is 0.258. The zero-order valence-corrected chi connectivity index (χ0v) is 15.7. The molecule has 3 unspecified atom stereocenters. The number of anilines is 1. The van der Waals surface area contributed by atoms with Crippen molar-refractivity contribution in [3.63, 3.8) is 0 Å². The fraction of sp³-hybridized carbons (Fsp3) is 0.333. The van der Waals surface area contributed by atoms with Crippen LogP contribution in [0.5, 0.6) is 0 Å². The molecule has 0 bridgehead atoms. The van der Waals surface area contributed by atoms with E-state index in [1.54, 1.807) is 0 Å². The number of hydrogen-bond acceptors (Lipinski definition) is 1. The normalized spacial score (nSPS) is 24.5. The Kier molecular flexibility index (Phi) is 3.89. The third-order valence-corrected chi connectivity index (χ3v) is 6.28. The second-order valence-electron chi connectivity index (χ2n) is 7.11. The summed E-state index contributed by atoms with van der Waals surface area (Å²) in [7, 11) is 0. The Bertz CT molecular complexity index is 830. The molecule has 0 radical (unpaired) electrons. The number of halogens is 2. The summed E-state index contributed by atoms with van der Waals surface area (Å²) in [4.78, 5) is 0. The molecule has 1 heterocycles. The summed E-state index contributed by atoms with van der Waals surface area (Å²) in [5.41, 5.74) is 7.67. The maximum absolute atomic E-state index is 6.54. The van der Waals surface area contributed by atoms with E-state index in [1.807, 2.05) is 6.07 Å². The van der Waals surface area contributed by atoms with Gasteiger partial charge in [0.15, 0.2) is 0 Å². The molecule has 2 aromatic carbocycles. The van der Waals surface area contributed by atoms with Gasteiger partial charge in [-0.1, -0.05) is 59.1 Å². The highest BCUT2D eigenvalue weighted by molar-refractivity contribution is 6.43. The van der Waals surface area contributed by atoms with E-state index in [2.05, 4.69) is 56.4 Å². The van der Waals surface area contributed by atoms with Crippen molar-refractivity contribution in [3.8, 4) is 0 Å². The first-order chi connectivity index (χ1) is 11.5. The van der Waals surface area contributed by atoms with E-state index in [1.165, 1.54) is 27.8 Å². The summed E-state index contributed by atoms with van der Waals surface area (Å²) in [6.45, 7) is 6.58. The highest BCUT2D eigenvalue weighted by Gasteiger charge is 2.39. The Balaban J connectivity index is 1.88. The molecule has 0 amide bonds. The van der Waals surface area contributed by atoms with Crippen molar-refractivity contribution in [2.45, 2.75) is 39.2 Å². The van der Waals surface area contributed by atoms with E-state index in [0.717, 1.165) is 12.1 Å². The second kappa shape index (κ2) is 5.82. The Hall–Kier alpha value is -1.44. The molecular weight excluding hydrogens is 337 g/mol. The van der Waals surface area contributed by atoms with Crippen molar-refractivity contribution in [1.82, 2.24) is 0 Å². The van der Waals surface area contributed by atoms with Gasteiger partial charge in [0.2, 0.25) is 0 Å². The summed E-state index contributed by atoms with van der Waals surface area (Å²) in [6.07, 6.45) is 5.73. The molecule has 3 atom stereocenters. The molecule has 1 aliphatic carbocycles. The summed E-state index contributed by atoms with van der Waals surface area (Å²) in [5.74, 6) is 0.927. The molecule has 0 fully saturated rings. The standard InChI is InChI=1S/C21H21Cl2N/c1-11-9-12(2)18(13(3)10-11)20-15-6-4-5-14(15)16-7-8-17(22)19(23)21(16)24-20/h4-5,7-10,14-15,20,24H,6H2,1-3H3. The number of rotatable bonds is 1. The topological polar surface area (TPSA) is 12.0 Å². The molecule has 1 aliphatic heterocycles. The molecule has 2 aromatic rings. The van der Waals surface area contributed by atoms with Crippen LogP contribution in [0.2, 0.25) is 10.0 Å². The van der Waals surface area contributed by atoms with Gasteiger partial charge in [0.1, 0.15) is 0 Å². The largest absolute Gasteiger partial charge is 0.376 e. The molecule has 3 heteroatoms. The van der Waals surface area contributed by atoms with Gasteiger partial charge in [-0.25, -0.2) is 0 Å². The Morgan fingerprint density at radius 1 is 1.04 bits per heavy atom. The zero-order valence-electron chi connectivity index (χ0n) is 14.2. The van der Waals surface area contributed by atoms with E-state index < -0.39 is 0 Å². The van der Waals surface area contributed by atoms with Crippen molar-refractivity contribution in [1.29, 1.82) is 0 Å². The van der Waals surface area contributed by atoms with Crippen molar-refractivity contribution < 1.29 is 0 Å². The summed E-state index contributed by atoms with van der Waals surface area (Å²) in [5, 5.41) is 4.99. The molecule has 0 saturated carbocycles. The molecule has 1 nitrogen and oxygen atoms in total. The lowest BCUT2D eigenvalue weighted by Gasteiger charge is -2.39. The van der Waals surface area contributed by atoms with Crippen molar-refractivity contribution in [2.75, 3.05) is 5.32 Å². The Morgan fingerprint density at radius 3 is 2.46 bits per heavy atom. The van der Waals surface area contributed by atoms with Crippen LogP contribution in [-0.2, 0) is 0 Å². The quantitative estimate of drug-likeness (QED) is 0.556. The smallest absolute Gasteiger partial charge is 0.0826 e. The van der Waals surface area contributed by atoms with Gasteiger partial charge in [-0.3, -0.25) is 0 Å². The van der Waals surface area contributed by atoms with Crippen LogP contribution in [0.3, 0.4) is 0 Å². The van der Waals surface area contributed by atoms with Crippen molar-refractivity contribution in [3.05, 3.63) is 74.3 Å². The van der Waals surface area contributed by atoms with E-state index in [0.29, 0.717) is 21.9 Å². The molecule has 124 valence electrons. The van der Waals surface area contributed by atoms with Crippen LogP contribution < -0.4 is 5.32 Å². The maximum Gasteiger partial charge on any atom is 0.0826 e. The fourth-order valence-corrected chi connectivity index (χ4v) is 4.95. The predicted octanol–water partition coefficient (Wildman–Crippen LogP) is 6.75. The van der Waals surface area contributed by atoms with E-state index >= 15 is 0 Å². The van der Waals surface area contributed by atoms with E-state index in [9.17, 15) is 0 Å². The van der Waals surface area contributed by atoms with Gasteiger partial charge in [0, 0.05) is 5.92 Å². The SMILES string of the molecule is Cc1cc(C)c(C2Nc3c(ccc(Cl)c3Cl)C3C=CCC32)c(C)c1. The first kappa shape index (κ1) is 16.1. The zero-order chi connectivity index (χ0) is 17.0. The highest BCUT2D eigenvalue weighted by atomic mass is 35.5. The second-order valence-corrected chi connectivity index (χ2v) is 7.90. The molecular formula is C21H21Cl2N. The monoisotopic (exact) mass is 357 g/mol. The molecule has 2 aliphatic rings. The summed E-state index contributed by atoms with van der Waals surface area (Å²) < 4.78 is 0. The minimum Gasteiger partial charge on any atom is -0.376 e. The van der Waals surface area contributed by atoms with Crippen LogP contribution in [0.15, 0.2) is 36.4 Å². The third kappa shape index (κ3) is 2.37. The molecule has 0 spiro atoms. The number of aryl methyl sites for hydroxylation is 3. The van der Waals surface area contributed by atoms with Crippen LogP contribution in [0.25, 0.3) is 0 Å². The average molecular weight is 358 g/mol. The number of nitrogens with one attached hydrogen (secondary N) is 1. The highest BCUT2D eigenvalue weighted by Crippen LogP contribution is 2.53. The van der Waals surface area contributed by atoms with Crippen molar-refractivity contribution >= 4 is 28.9 Å². The number of hydrogen-bond donors (Lipinski definition) is 1. The Labute approximate surface area is 153 Å². The van der Waals surface area contributed by atoms with Gasteiger partial charge in [-0.2, -0.15) is 0 Å². The van der Waals surface area contributed by atoms with Crippen LogP contribution in [0.4, 0.5) is 5.69 Å². The van der Waals surface area contributed by atoms with Crippen LogP contribution >= 0.6 is 23.2 Å². The van der Waals surface area contributed by atoms with Gasteiger partial charge in [0.05, 0.1) is 21.8 Å². The lowest BCUT2D eigenvalue weighted by molar-refractivity contribution is 0.423. The first-order valence-corrected chi connectivity index (χ1v) is 9.22. The van der Waals surface area contributed by atoms with E-state index in [4.69, 9.17) is 23.2 Å². The third-order valence-electron chi connectivity index (χ3n) is 5.48.